The molecule has 5 heteroatoms. The molecule has 0 spiro atoms. The van der Waals surface area contributed by atoms with Crippen molar-refractivity contribution in [3.05, 3.63) is 163 Å². The second-order valence-electron chi connectivity index (χ2n) is 12.0. The topological polar surface area (TPSA) is 65.0 Å². The number of nitrogens with zero attached hydrogens (tertiary/aromatic N) is 3. The molecule has 3 aromatic heterocycles. The SMILES string of the molecule is [2H]c1c(-c2cccc3c2oc2ccccc23)c([2H])c2c(oc3c([2H])c([2H])c([2H])c(-c4nc(-c5ccccc5)nc(-c5c([2H])c([2H])c6c([2H])c([2H])c7c([2H])c([2H])c([2H])c([2H])c7c6c5[2H])n4)c32)c1[2H]. The third kappa shape index (κ3) is 4.46. The molecule has 0 amide bonds. The van der Waals surface area contributed by atoms with Crippen LogP contribution in [0.4, 0.5) is 0 Å². The molecule has 0 N–H and O–H groups in total. The third-order valence-corrected chi connectivity index (χ3v) is 8.92. The van der Waals surface area contributed by atoms with E-state index in [1.54, 1.807) is 48.5 Å². The number of aromatic nitrogens is 3. The molecule has 8 aromatic carbocycles. The van der Waals surface area contributed by atoms with Crippen molar-refractivity contribution in [1.29, 1.82) is 0 Å². The van der Waals surface area contributed by atoms with Crippen LogP contribution in [0.2, 0.25) is 0 Å². The van der Waals surface area contributed by atoms with Gasteiger partial charge >= 0.3 is 0 Å². The largest absolute Gasteiger partial charge is 0.456 e. The maximum Gasteiger partial charge on any atom is 0.164 e. The Balaban J connectivity index is 1.27. The normalized spacial score (nSPS) is 15.9. The highest BCUT2D eigenvalue weighted by Crippen LogP contribution is 2.41. The summed E-state index contributed by atoms with van der Waals surface area (Å²) in [5, 5.41) is -0.108. The molecule has 242 valence electrons. The van der Waals surface area contributed by atoms with Gasteiger partial charge in [0.15, 0.2) is 17.5 Å². The van der Waals surface area contributed by atoms with Crippen molar-refractivity contribution in [2.75, 3.05) is 0 Å². The molecule has 0 saturated heterocycles. The fourth-order valence-corrected chi connectivity index (χ4v) is 6.53. The van der Waals surface area contributed by atoms with Gasteiger partial charge in [-0.2, -0.15) is 0 Å². The fraction of sp³-hybridized carbons (Fsp3) is 0. The third-order valence-electron chi connectivity index (χ3n) is 8.92. The van der Waals surface area contributed by atoms with Gasteiger partial charge in [-0.15, -0.1) is 0 Å². The predicted molar refractivity (Wildman–Crippen MR) is 211 cm³/mol. The van der Waals surface area contributed by atoms with E-state index in [4.69, 9.17) is 31.1 Å². The predicted octanol–water partition coefficient (Wildman–Crippen LogP) is 12.6. The van der Waals surface area contributed by atoms with Crippen LogP contribution in [0.3, 0.4) is 0 Å². The van der Waals surface area contributed by atoms with Crippen molar-refractivity contribution in [2.24, 2.45) is 0 Å². The molecule has 0 unspecified atom stereocenters. The summed E-state index contributed by atoms with van der Waals surface area (Å²) in [6.07, 6.45) is 0. The molecule has 5 nitrogen and oxygen atoms in total. The van der Waals surface area contributed by atoms with Gasteiger partial charge in [0.2, 0.25) is 0 Å². The van der Waals surface area contributed by atoms with Gasteiger partial charge in [-0.3, -0.25) is 0 Å². The van der Waals surface area contributed by atoms with Crippen LogP contribution in [0, 0.1) is 0 Å². The highest BCUT2D eigenvalue weighted by atomic mass is 16.3. The molecule has 3 heterocycles. The number of hydrogen-bond donors (Lipinski definition) is 0. The second kappa shape index (κ2) is 11.2. The quantitative estimate of drug-likeness (QED) is 0.173. The first-order valence-electron chi connectivity index (χ1n) is 23.6. The van der Waals surface area contributed by atoms with Gasteiger partial charge in [-0.05, 0) is 57.3 Å². The molecular weight excluding hydrogens is 639 g/mol. The Morgan fingerprint density at radius 1 is 0.404 bits per heavy atom. The zero-order valence-electron chi connectivity index (χ0n) is 41.6. The van der Waals surface area contributed by atoms with Crippen LogP contribution in [0.1, 0.15) is 20.6 Å². The average molecular weight is 681 g/mol. The van der Waals surface area contributed by atoms with Gasteiger partial charge in [-0.25, -0.2) is 15.0 Å². The summed E-state index contributed by atoms with van der Waals surface area (Å²) in [6.45, 7) is 0. The number of rotatable bonds is 4. The first-order chi connectivity index (χ1) is 32.0. The first-order valence-corrected chi connectivity index (χ1v) is 16.1. The summed E-state index contributed by atoms with van der Waals surface area (Å²) < 4.78 is 148. The van der Waals surface area contributed by atoms with Gasteiger partial charge in [0.1, 0.15) is 22.3 Å². The van der Waals surface area contributed by atoms with Crippen LogP contribution in [-0.4, -0.2) is 15.0 Å². The molecule has 0 atom stereocenters. The first kappa shape index (κ1) is 17.7. The minimum atomic E-state index is -0.685. The summed E-state index contributed by atoms with van der Waals surface area (Å²) in [6, 6.07) is 12.2. The molecule has 11 aromatic rings. The Labute approximate surface area is 318 Å². The highest BCUT2D eigenvalue weighted by Gasteiger charge is 2.20. The van der Waals surface area contributed by atoms with Crippen molar-refractivity contribution in [3.63, 3.8) is 0 Å². The summed E-state index contributed by atoms with van der Waals surface area (Å²) in [7, 11) is 0. The Hall–Kier alpha value is -7.11. The van der Waals surface area contributed by atoms with Crippen molar-refractivity contribution in [3.8, 4) is 45.3 Å². The lowest BCUT2D eigenvalue weighted by atomic mass is 9.98. The zero-order chi connectivity index (χ0) is 47.2. The van der Waals surface area contributed by atoms with Crippen molar-refractivity contribution in [2.45, 2.75) is 0 Å². The van der Waals surface area contributed by atoms with E-state index in [0.717, 1.165) is 5.39 Å². The Bertz CT molecular complexity index is 4060. The van der Waals surface area contributed by atoms with Crippen LogP contribution >= 0.6 is 0 Å². The van der Waals surface area contributed by atoms with Crippen LogP contribution in [0.25, 0.3) is 111 Å². The lowest BCUT2D eigenvalue weighted by Crippen LogP contribution is -2.00. The van der Waals surface area contributed by atoms with Crippen LogP contribution in [0.15, 0.2) is 172 Å². The molecule has 0 aliphatic carbocycles. The fourth-order valence-electron chi connectivity index (χ4n) is 6.53. The highest BCUT2D eigenvalue weighted by molar-refractivity contribution is 6.15. The Morgan fingerprint density at radius 3 is 2.06 bits per heavy atom. The summed E-state index contributed by atoms with van der Waals surface area (Å²) in [4.78, 5) is 14.1. The Kier molecular flexibility index (Phi) is 3.81. The van der Waals surface area contributed by atoms with Crippen LogP contribution in [-0.2, 0) is 0 Å². The van der Waals surface area contributed by atoms with E-state index < -0.39 is 89.9 Å². The number of para-hydroxylation sites is 2. The van der Waals surface area contributed by atoms with E-state index in [-0.39, 0.29) is 78.3 Å². The maximum absolute atomic E-state index is 9.77. The van der Waals surface area contributed by atoms with E-state index in [0.29, 0.717) is 27.7 Å². The average Bonchev–Trinajstić information content (AvgIpc) is 3.92. The molecule has 0 aliphatic heterocycles. The summed E-state index contributed by atoms with van der Waals surface area (Å²) >= 11 is 0. The molecule has 11 rings (SSSR count). The standard InChI is InChI=1S/C47H27N3O2/c1-2-11-30(12-3-1)45-48-46(32-23-22-29-21-20-28-10-4-5-13-33(28)38(29)27-32)50-47(49-45)37-17-9-19-42-43(37)39-26-31(24-25-41(39)51-42)34-15-8-16-36-35-14-6-7-18-40(35)52-44(34)36/h1-27H/i4D,5D,9D,10D,13D,17D,19D,20D,21D,22D,23D,24D,25D,26D,27D. The molecule has 0 radical (unpaired) electrons. The number of fused-ring (bicyclic) bond motifs is 9. The second-order valence-corrected chi connectivity index (χ2v) is 12.0. The van der Waals surface area contributed by atoms with Gasteiger partial charge in [0.25, 0.3) is 0 Å². The van der Waals surface area contributed by atoms with Crippen molar-refractivity contribution in [1.82, 2.24) is 15.0 Å². The van der Waals surface area contributed by atoms with Crippen LogP contribution < -0.4 is 0 Å². The van der Waals surface area contributed by atoms with E-state index in [9.17, 15) is 8.22 Å². The van der Waals surface area contributed by atoms with E-state index in [1.807, 2.05) is 24.3 Å². The number of benzene rings is 8. The lowest BCUT2D eigenvalue weighted by molar-refractivity contribution is 0.668. The van der Waals surface area contributed by atoms with Gasteiger partial charge < -0.3 is 8.83 Å². The van der Waals surface area contributed by atoms with E-state index in [2.05, 4.69) is 4.98 Å². The monoisotopic (exact) mass is 680 g/mol. The van der Waals surface area contributed by atoms with Gasteiger partial charge in [0.05, 0.1) is 20.6 Å². The summed E-state index contributed by atoms with van der Waals surface area (Å²) in [5.74, 6) is -0.874. The molecule has 0 saturated carbocycles. The van der Waals surface area contributed by atoms with Crippen molar-refractivity contribution < 1.29 is 29.4 Å². The lowest BCUT2D eigenvalue weighted by Gasteiger charge is -2.11. The van der Waals surface area contributed by atoms with Gasteiger partial charge in [-0.1, -0.05) is 133 Å². The smallest absolute Gasteiger partial charge is 0.164 e. The number of hydrogen-bond acceptors (Lipinski definition) is 5. The van der Waals surface area contributed by atoms with Crippen molar-refractivity contribution >= 4 is 65.4 Å². The minimum Gasteiger partial charge on any atom is -0.456 e. The molecular formula is C47H27N3O2. The van der Waals surface area contributed by atoms with Gasteiger partial charge in [0, 0.05) is 43.8 Å². The zero-order valence-corrected chi connectivity index (χ0v) is 26.6. The Morgan fingerprint density at radius 2 is 1.13 bits per heavy atom. The minimum absolute atomic E-state index is 0.0169. The maximum atomic E-state index is 9.77. The van der Waals surface area contributed by atoms with E-state index >= 15 is 0 Å². The van der Waals surface area contributed by atoms with E-state index in [1.165, 1.54) is 0 Å². The molecule has 0 bridgehead atoms. The number of furan rings is 2. The molecule has 52 heavy (non-hydrogen) atoms. The summed E-state index contributed by atoms with van der Waals surface area (Å²) in [5.41, 5.74) is 0.301. The molecule has 0 fully saturated rings. The van der Waals surface area contributed by atoms with Crippen LogP contribution in [0.5, 0.6) is 0 Å². The molecule has 0 aliphatic rings.